The van der Waals surface area contributed by atoms with Crippen LogP contribution in [0.4, 0.5) is 0 Å². The zero-order valence-corrected chi connectivity index (χ0v) is 16.8. The number of rotatable bonds is 6. The number of unbranched alkanes of at least 4 members (excludes halogenated alkanes) is 2. The summed E-state index contributed by atoms with van der Waals surface area (Å²) in [5.74, 6) is 0.423. The zero-order valence-electron chi connectivity index (χ0n) is 15.1. The van der Waals surface area contributed by atoms with Crippen molar-refractivity contribution in [1.82, 2.24) is 14.5 Å². The summed E-state index contributed by atoms with van der Waals surface area (Å²) in [7, 11) is 0. The average Bonchev–Trinajstić information content (AvgIpc) is 3.19. The van der Waals surface area contributed by atoms with Gasteiger partial charge in [0.2, 0.25) is 0 Å². The van der Waals surface area contributed by atoms with Gasteiger partial charge < -0.3 is 0 Å². The molecule has 3 atom stereocenters. The SMILES string of the molecule is CCCCCC1c2nn[se]c2C(c2ccccc2)NC1c1ccccc1. The van der Waals surface area contributed by atoms with Crippen LogP contribution in [0.2, 0.25) is 0 Å². The van der Waals surface area contributed by atoms with E-state index in [9.17, 15) is 0 Å². The maximum absolute atomic E-state index is 4.66. The second kappa shape index (κ2) is 8.30. The van der Waals surface area contributed by atoms with Crippen molar-refractivity contribution >= 4 is 14.7 Å². The Kier molecular flexibility index (Phi) is 5.64. The standard InChI is InChI=1S/C22H25N3Se/c1-2-3-6-15-18-19(16-11-7-4-8-12-16)23-20(17-13-9-5-10-14-17)22-21(18)24-25-26-22/h4-5,7-14,18-20,23H,2-3,6,15H2,1H3. The Hall–Kier alpha value is -1.74. The fraction of sp³-hybridized carbons (Fsp3) is 0.364. The monoisotopic (exact) mass is 411 g/mol. The zero-order chi connectivity index (χ0) is 17.8. The van der Waals surface area contributed by atoms with E-state index in [0.29, 0.717) is 12.0 Å². The van der Waals surface area contributed by atoms with Gasteiger partial charge in [-0.25, -0.2) is 0 Å². The molecule has 0 fully saturated rings. The van der Waals surface area contributed by atoms with Gasteiger partial charge in [0.05, 0.1) is 0 Å². The van der Waals surface area contributed by atoms with E-state index < -0.39 is 0 Å². The van der Waals surface area contributed by atoms with E-state index in [0.717, 1.165) is 0 Å². The molecule has 0 saturated heterocycles. The van der Waals surface area contributed by atoms with Crippen LogP contribution in [0.25, 0.3) is 0 Å². The van der Waals surface area contributed by atoms with Gasteiger partial charge in [0.25, 0.3) is 0 Å². The second-order valence-electron chi connectivity index (χ2n) is 7.02. The van der Waals surface area contributed by atoms with E-state index in [1.807, 2.05) is 0 Å². The maximum atomic E-state index is 4.66. The third-order valence-electron chi connectivity index (χ3n) is 5.31. The van der Waals surface area contributed by atoms with Crippen LogP contribution >= 0.6 is 0 Å². The molecule has 4 rings (SSSR count). The Morgan fingerprint density at radius 2 is 1.62 bits per heavy atom. The van der Waals surface area contributed by atoms with E-state index in [1.54, 1.807) is 0 Å². The van der Waals surface area contributed by atoms with Crippen LogP contribution < -0.4 is 5.32 Å². The molecule has 1 N–H and O–H groups in total. The van der Waals surface area contributed by atoms with Gasteiger partial charge in [-0.05, 0) is 0 Å². The Bertz CT molecular complexity index is 816. The van der Waals surface area contributed by atoms with Gasteiger partial charge in [-0.15, -0.1) is 0 Å². The summed E-state index contributed by atoms with van der Waals surface area (Å²) in [5, 5.41) is 8.63. The van der Waals surface area contributed by atoms with E-state index in [1.165, 1.54) is 46.9 Å². The summed E-state index contributed by atoms with van der Waals surface area (Å²) in [6.07, 6.45) is 4.96. The van der Waals surface area contributed by atoms with Crippen LogP contribution in [0.3, 0.4) is 0 Å². The van der Waals surface area contributed by atoms with E-state index in [2.05, 4.69) is 82.1 Å². The van der Waals surface area contributed by atoms with Crippen molar-refractivity contribution < 1.29 is 0 Å². The summed E-state index contributed by atoms with van der Waals surface area (Å²) in [5.41, 5.74) is 3.95. The number of benzene rings is 2. The van der Waals surface area contributed by atoms with E-state index >= 15 is 0 Å². The first-order valence-electron chi connectivity index (χ1n) is 9.56. The summed E-state index contributed by atoms with van der Waals surface area (Å²) in [6.45, 7) is 2.27. The first-order chi connectivity index (χ1) is 12.9. The molecule has 3 aromatic rings. The van der Waals surface area contributed by atoms with Crippen LogP contribution in [0.5, 0.6) is 0 Å². The molecule has 0 spiro atoms. The van der Waals surface area contributed by atoms with Gasteiger partial charge in [0.15, 0.2) is 0 Å². The Labute approximate surface area is 161 Å². The Balaban J connectivity index is 1.73. The fourth-order valence-corrected chi connectivity index (χ4v) is 5.69. The van der Waals surface area contributed by atoms with Crippen LogP contribution in [0.1, 0.15) is 71.9 Å². The molecular formula is C22H25N3Se. The molecule has 0 amide bonds. The van der Waals surface area contributed by atoms with Gasteiger partial charge in [-0.2, -0.15) is 0 Å². The molecule has 1 aromatic heterocycles. The van der Waals surface area contributed by atoms with Crippen LogP contribution in [0.15, 0.2) is 60.7 Å². The molecule has 0 saturated carbocycles. The van der Waals surface area contributed by atoms with Crippen LogP contribution in [-0.4, -0.2) is 23.9 Å². The van der Waals surface area contributed by atoms with Crippen LogP contribution in [-0.2, 0) is 0 Å². The third kappa shape index (κ3) is 3.55. The molecule has 1 aliphatic rings. The number of nitrogens with one attached hydrogen (secondary N) is 1. The molecule has 1 aliphatic heterocycles. The second-order valence-corrected chi connectivity index (χ2v) is 8.67. The van der Waals surface area contributed by atoms with Crippen molar-refractivity contribution in [2.45, 2.75) is 50.6 Å². The Morgan fingerprint density at radius 3 is 2.31 bits per heavy atom. The third-order valence-corrected chi connectivity index (χ3v) is 7.00. The van der Waals surface area contributed by atoms with Gasteiger partial charge in [0.1, 0.15) is 0 Å². The van der Waals surface area contributed by atoms with Crippen LogP contribution in [0, 0.1) is 0 Å². The number of hydrogen-bond donors (Lipinski definition) is 1. The van der Waals surface area contributed by atoms with Crippen molar-refractivity contribution in [2.75, 3.05) is 0 Å². The molecule has 26 heavy (non-hydrogen) atoms. The molecule has 2 heterocycles. The van der Waals surface area contributed by atoms with Crippen molar-refractivity contribution in [1.29, 1.82) is 0 Å². The number of hydrogen-bond acceptors (Lipinski definition) is 3. The van der Waals surface area contributed by atoms with E-state index in [-0.39, 0.29) is 20.8 Å². The summed E-state index contributed by atoms with van der Waals surface area (Å²) in [4.78, 5) is 0. The topological polar surface area (TPSA) is 37.8 Å². The normalized spacial score (nSPS) is 22.1. The van der Waals surface area contributed by atoms with Crippen molar-refractivity contribution in [3.05, 3.63) is 81.9 Å². The molecule has 134 valence electrons. The Morgan fingerprint density at radius 1 is 0.923 bits per heavy atom. The summed E-state index contributed by atoms with van der Waals surface area (Å²) >= 11 is 0.119. The van der Waals surface area contributed by atoms with Gasteiger partial charge in [-0.3, -0.25) is 0 Å². The molecule has 0 aliphatic carbocycles. The quantitative estimate of drug-likeness (QED) is 0.476. The van der Waals surface area contributed by atoms with E-state index in [4.69, 9.17) is 0 Å². The molecule has 3 nitrogen and oxygen atoms in total. The van der Waals surface area contributed by atoms with Crippen molar-refractivity contribution in [3.63, 3.8) is 0 Å². The molecular weight excluding hydrogens is 385 g/mol. The van der Waals surface area contributed by atoms with Gasteiger partial charge >= 0.3 is 162 Å². The number of aromatic nitrogens is 2. The first kappa shape index (κ1) is 17.7. The minimum atomic E-state index is 0.119. The fourth-order valence-electron chi connectivity index (χ4n) is 3.99. The number of fused-ring (bicyclic) bond motifs is 1. The average molecular weight is 410 g/mol. The summed E-state index contributed by atoms with van der Waals surface area (Å²) in [6, 6.07) is 22.2. The minimum absolute atomic E-state index is 0.119. The molecule has 0 radical (unpaired) electrons. The van der Waals surface area contributed by atoms with Gasteiger partial charge in [0, 0.05) is 0 Å². The van der Waals surface area contributed by atoms with Crippen molar-refractivity contribution in [2.24, 2.45) is 0 Å². The van der Waals surface area contributed by atoms with Crippen molar-refractivity contribution in [3.8, 4) is 0 Å². The molecule has 4 heteroatoms. The number of nitrogens with zero attached hydrogens (tertiary/aromatic N) is 2. The molecule has 2 aromatic carbocycles. The molecule has 3 unspecified atom stereocenters. The predicted molar refractivity (Wildman–Crippen MR) is 106 cm³/mol. The predicted octanol–water partition coefficient (Wildman–Crippen LogP) is 4.63. The first-order valence-corrected chi connectivity index (χ1v) is 11.2. The summed E-state index contributed by atoms with van der Waals surface area (Å²) < 4.78 is 5.91. The van der Waals surface area contributed by atoms with Gasteiger partial charge in [-0.1, -0.05) is 0 Å². The molecule has 0 bridgehead atoms.